The molecule has 0 spiro atoms. The lowest BCUT2D eigenvalue weighted by Crippen LogP contribution is -2.20. The minimum atomic E-state index is -0.815. The lowest BCUT2D eigenvalue weighted by atomic mass is 9.89. The van der Waals surface area contributed by atoms with Gasteiger partial charge in [-0.25, -0.2) is 4.39 Å². The molecule has 4 heteroatoms. The summed E-state index contributed by atoms with van der Waals surface area (Å²) in [5, 5.41) is 9.04. The second-order valence-corrected chi connectivity index (χ2v) is 4.77. The van der Waals surface area contributed by atoms with Crippen molar-refractivity contribution in [3.63, 3.8) is 0 Å². The van der Waals surface area contributed by atoms with Crippen molar-refractivity contribution in [3.8, 4) is 0 Å². The average molecular weight is 250 g/mol. The van der Waals surface area contributed by atoms with E-state index in [0.29, 0.717) is 12.0 Å². The smallest absolute Gasteiger partial charge is 0.306 e. The highest BCUT2D eigenvalue weighted by Gasteiger charge is 2.34. The number of hydrogen-bond donors (Lipinski definition) is 1. The summed E-state index contributed by atoms with van der Waals surface area (Å²) in [6.07, 6.45) is 2.53. The molecule has 0 amide bonds. The molecule has 1 fully saturated rings. The summed E-state index contributed by atoms with van der Waals surface area (Å²) >= 11 is 0. The van der Waals surface area contributed by atoms with E-state index >= 15 is 0 Å². The van der Waals surface area contributed by atoms with E-state index < -0.39 is 11.9 Å². The van der Waals surface area contributed by atoms with Gasteiger partial charge < -0.3 is 5.11 Å². The minimum Gasteiger partial charge on any atom is -0.481 e. The van der Waals surface area contributed by atoms with Crippen molar-refractivity contribution in [2.75, 3.05) is 0 Å². The zero-order valence-electron chi connectivity index (χ0n) is 9.93. The number of carboxylic acids is 1. The Hall–Kier alpha value is -1.71. The Morgan fingerprint density at radius 1 is 1.22 bits per heavy atom. The minimum absolute atomic E-state index is 0.0833. The van der Waals surface area contributed by atoms with Crippen LogP contribution in [0.4, 0.5) is 4.39 Å². The van der Waals surface area contributed by atoms with E-state index in [1.165, 1.54) is 24.3 Å². The Morgan fingerprint density at radius 3 is 2.50 bits per heavy atom. The molecule has 18 heavy (non-hydrogen) atoms. The Bertz CT molecular complexity index is 453. The van der Waals surface area contributed by atoms with Gasteiger partial charge in [-0.05, 0) is 43.0 Å². The van der Waals surface area contributed by atoms with Crippen LogP contribution in [-0.2, 0) is 4.79 Å². The quantitative estimate of drug-likeness (QED) is 0.836. The third-order valence-corrected chi connectivity index (χ3v) is 3.59. The van der Waals surface area contributed by atoms with Crippen molar-refractivity contribution in [2.45, 2.75) is 25.7 Å². The standard InChI is InChI=1S/C14H15FO3/c15-11-6-4-9(5-7-11)13(16)8-10-2-1-3-12(10)14(17)18/h4-7,10,12H,1-3,8H2,(H,17,18). The van der Waals surface area contributed by atoms with Crippen LogP contribution in [-0.4, -0.2) is 16.9 Å². The summed E-state index contributed by atoms with van der Waals surface area (Å²) in [4.78, 5) is 23.0. The number of Topliss-reactive ketones (excluding diaryl/α,β-unsaturated/α-hetero) is 1. The maximum Gasteiger partial charge on any atom is 0.306 e. The molecule has 0 heterocycles. The second-order valence-electron chi connectivity index (χ2n) is 4.77. The van der Waals surface area contributed by atoms with Gasteiger partial charge in [0.1, 0.15) is 5.82 Å². The number of rotatable bonds is 4. The van der Waals surface area contributed by atoms with E-state index in [2.05, 4.69) is 0 Å². The third kappa shape index (κ3) is 2.75. The first-order valence-corrected chi connectivity index (χ1v) is 6.09. The van der Waals surface area contributed by atoms with Gasteiger partial charge in [0.2, 0.25) is 0 Å². The molecule has 1 aliphatic carbocycles. The molecule has 1 N–H and O–H groups in total. The van der Waals surface area contributed by atoms with Crippen LogP contribution in [0.5, 0.6) is 0 Å². The first-order valence-electron chi connectivity index (χ1n) is 6.09. The topological polar surface area (TPSA) is 54.4 Å². The van der Waals surface area contributed by atoms with Crippen LogP contribution in [0.1, 0.15) is 36.0 Å². The highest BCUT2D eigenvalue weighted by atomic mass is 19.1. The maximum absolute atomic E-state index is 12.7. The lowest BCUT2D eigenvalue weighted by Gasteiger charge is -2.14. The van der Waals surface area contributed by atoms with Crippen molar-refractivity contribution in [2.24, 2.45) is 11.8 Å². The van der Waals surface area contributed by atoms with E-state index in [1.807, 2.05) is 0 Å². The van der Waals surface area contributed by atoms with Gasteiger partial charge in [0.05, 0.1) is 5.92 Å². The fraction of sp³-hybridized carbons (Fsp3) is 0.429. The first-order chi connectivity index (χ1) is 8.58. The number of ketones is 1. The molecular formula is C14H15FO3. The molecule has 0 aliphatic heterocycles. The summed E-state index contributed by atoms with van der Waals surface area (Å²) in [7, 11) is 0. The van der Waals surface area contributed by atoms with E-state index in [9.17, 15) is 14.0 Å². The number of carboxylic acid groups (broad SMARTS) is 1. The fourth-order valence-electron chi connectivity index (χ4n) is 2.60. The Morgan fingerprint density at radius 2 is 1.89 bits per heavy atom. The van der Waals surface area contributed by atoms with Crippen molar-refractivity contribution < 1.29 is 19.1 Å². The largest absolute Gasteiger partial charge is 0.481 e. The number of halogens is 1. The number of hydrogen-bond acceptors (Lipinski definition) is 2. The van der Waals surface area contributed by atoms with Crippen LogP contribution in [0.2, 0.25) is 0 Å². The van der Waals surface area contributed by atoms with Crippen LogP contribution in [0, 0.1) is 17.7 Å². The molecule has 0 radical (unpaired) electrons. The maximum atomic E-state index is 12.7. The molecule has 0 bridgehead atoms. The van der Waals surface area contributed by atoms with Crippen molar-refractivity contribution >= 4 is 11.8 Å². The van der Waals surface area contributed by atoms with Crippen molar-refractivity contribution in [1.29, 1.82) is 0 Å². The summed E-state index contributed by atoms with van der Waals surface area (Å²) in [6, 6.07) is 5.39. The van der Waals surface area contributed by atoms with Crippen molar-refractivity contribution in [1.82, 2.24) is 0 Å². The number of carbonyl (C=O) groups excluding carboxylic acids is 1. The van der Waals surface area contributed by atoms with Gasteiger partial charge in [-0.3, -0.25) is 9.59 Å². The zero-order valence-corrected chi connectivity index (χ0v) is 9.93. The van der Waals surface area contributed by atoms with E-state index in [-0.39, 0.29) is 23.9 Å². The normalized spacial score (nSPS) is 22.9. The molecule has 0 aromatic heterocycles. The fourth-order valence-corrected chi connectivity index (χ4v) is 2.60. The summed E-state index contributed by atoms with van der Waals surface area (Å²) in [5.74, 6) is -1.79. The molecule has 2 atom stereocenters. The molecule has 1 aromatic carbocycles. The average Bonchev–Trinajstić information content (AvgIpc) is 2.78. The number of benzene rings is 1. The van der Waals surface area contributed by atoms with Gasteiger partial charge in [-0.2, -0.15) is 0 Å². The van der Waals surface area contributed by atoms with Crippen LogP contribution in [0.15, 0.2) is 24.3 Å². The number of aliphatic carboxylic acids is 1. The first kappa shape index (κ1) is 12.7. The van der Waals surface area contributed by atoms with Gasteiger partial charge >= 0.3 is 5.97 Å². The molecule has 1 aromatic rings. The Kier molecular flexibility index (Phi) is 3.75. The number of carbonyl (C=O) groups is 2. The monoisotopic (exact) mass is 250 g/mol. The van der Waals surface area contributed by atoms with Gasteiger partial charge in [-0.1, -0.05) is 6.42 Å². The second kappa shape index (κ2) is 5.29. The molecule has 0 saturated heterocycles. The van der Waals surface area contributed by atoms with E-state index in [4.69, 9.17) is 5.11 Å². The third-order valence-electron chi connectivity index (χ3n) is 3.59. The molecule has 96 valence electrons. The van der Waals surface area contributed by atoms with Gasteiger partial charge in [0.15, 0.2) is 5.78 Å². The Labute approximate surface area is 105 Å². The predicted octanol–water partition coefficient (Wildman–Crippen LogP) is 2.90. The summed E-state index contributed by atoms with van der Waals surface area (Å²) < 4.78 is 12.7. The molecular weight excluding hydrogens is 235 g/mol. The van der Waals surface area contributed by atoms with Crippen molar-refractivity contribution in [3.05, 3.63) is 35.6 Å². The molecule has 1 aliphatic rings. The van der Waals surface area contributed by atoms with Crippen LogP contribution in [0.3, 0.4) is 0 Å². The predicted molar refractivity (Wildman–Crippen MR) is 63.8 cm³/mol. The van der Waals surface area contributed by atoms with Crippen LogP contribution in [0.25, 0.3) is 0 Å². The lowest BCUT2D eigenvalue weighted by molar-refractivity contribution is -0.142. The highest BCUT2D eigenvalue weighted by molar-refractivity contribution is 5.96. The van der Waals surface area contributed by atoms with Gasteiger partial charge in [-0.15, -0.1) is 0 Å². The molecule has 2 unspecified atom stereocenters. The van der Waals surface area contributed by atoms with Gasteiger partial charge in [0, 0.05) is 12.0 Å². The van der Waals surface area contributed by atoms with E-state index in [1.54, 1.807) is 0 Å². The van der Waals surface area contributed by atoms with Crippen LogP contribution < -0.4 is 0 Å². The molecule has 2 rings (SSSR count). The highest BCUT2D eigenvalue weighted by Crippen LogP contribution is 2.35. The van der Waals surface area contributed by atoms with E-state index in [0.717, 1.165) is 12.8 Å². The molecule has 3 nitrogen and oxygen atoms in total. The van der Waals surface area contributed by atoms with Gasteiger partial charge in [0.25, 0.3) is 0 Å². The SMILES string of the molecule is O=C(CC1CCCC1C(=O)O)c1ccc(F)cc1. The Balaban J connectivity index is 2.03. The zero-order chi connectivity index (χ0) is 13.1. The summed E-state index contributed by atoms with van der Waals surface area (Å²) in [5.41, 5.74) is 0.451. The molecule has 1 saturated carbocycles. The summed E-state index contributed by atoms with van der Waals surface area (Å²) in [6.45, 7) is 0. The van der Waals surface area contributed by atoms with Crippen LogP contribution >= 0.6 is 0 Å².